The van der Waals surface area contributed by atoms with Gasteiger partial charge >= 0.3 is 0 Å². The molecular formula is C19H22FN3O2. The van der Waals surface area contributed by atoms with E-state index in [4.69, 9.17) is 4.74 Å². The first-order valence-corrected chi connectivity index (χ1v) is 8.32. The second-order valence-corrected chi connectivity index (χ2v) is 5.90. The molecule has 132 valence electrons. The Morgan fingerprint density at radius 3 is 2.44 bits per heavy atom. The normalized spacial score (nSPS) is 14.3. The zero-order valence-electron chi connectivity index (χ0n) is 14.2. The van der Waals surface area contributed by atoms with Crippen molar-refractivity contribution in [1.29, 1.82) is 0 Å². The molecule has 0 aliphatic carbocycles. The number of carbonyl (C=O) groups is 1. The predicted molar refractivity (Wildman–Crippen MR) is 96.7 cm³/mol. The minimum atomic E-state index is -0.236. The van der Waals surface area contributed by atoms with Crippen LogP contribution in [0.3, 0.4) is 0 Å². The number of para-hydroxylation sites is 2. The van der Waals surface area contributed by atoms with Crippen molar-refractivity contribution in [1.82, 2.24) is 4.90 Å². The van der Waals surface area contributed by atoms with Gasteiger partial charge in [0, 0.05) is 31.9 Å². The molecule has 0 spiro atoms. The molecule has 2 aromatic carbocycles. The lowest BCUT2D eigenvalue weighted by Gasteiger charge is -2.36. The van der Waals surface area contributed by atoms with Crippen molar-refractivity contribution >= 4 is 17.3 Å². The van der Waals surface area contributed by atoms with Crippen LogP contribution in [0.1, 0.15) is 0 Å². The molecule has 1 aliphatic heterocycles. The molecular weight excluding hydrogens is 321 g/mol. The SMILES string of the molecule is COc1ccccc1NCC(=O)N1CCN(c2ccc(F)cc2)CC1. The number of halogens is 1. The number of carbonyl (C=O) groups excluding carboxylic acids is 1. The van der Waals surface area contributed by atoms with Gasteiger partial charge in [-0.1, -0.05) is 12.1 Å². The summed E-state index contributed by atoms with van der Waals surface area (Å²) >= 11 is 0. The number of hydrogen-bond acceptors (Lipinski definition) is 4. The molecule has 0 atom stereocenters. The lowest BCUT2D eigenvalue weighted by Crippen LogP contribution is -2.50. The molecule has 1 N–H and O–H groups in total. The Hall–Kier alpha value is -2.76. The molecule has 0 bridgehead atoms. The molecule has 25 heavy (non-hydrogen) atoms. The second kappa shape index (κ2) is 7.88. The fourth-order valence-corrected chi connectivity index (χ4v) is 2.94. The number of nitrogens with one attached hydrogen (secondary N) is 1. The van der Waals surface area contributed by atoms with Crippen molar-refractivity contribution in [2.75, 3.05) is 50.1 Å². The van der Waals surface area contributed by atoms with E-state index in [0.717, 1.165) is 30.2 Å². The highest BCUT2D eigenvalue weighted by Gasteiger charge is 2.21. The van der Waals surface area contributed by atoms with Gasteiger partial charge in [0.05, 0.1) is 19.3 Å². The highest BCUT2D eigenvalue weighted by molar-refractivity contribution is 5.81. The van der Waals surface area contributed by atoms with Gasteiger partial charge in [0.25, 0.3) is 0 Å². The van der Waals surface area contributed by atoms with Gasteiger partial charge in [0.2, 0.25) is 5.91 Å². The van der Waals surface area contributed by atoms with E-state index < -0.39 is 0 Å². The van der Waals surface area contributed by atoms with Crippen molar-refractivity contribution in [3.05, 3.63) is 54.3 Å². The van der Waals surface area contributed by atoms with Crippen LogP contribution in [0.15, 0.2) is 48.5 Å². The number of hydrogen-bond donors (Lipinski definition) is 1. The fourth-order valence-electron chi connectivity index (χ4n) is 2.94. The van der Waals surface area contributed by atoms with Gasteiger partial charge in [-0.3, -0.25) is 4.79 Å². The maximum absolute atomic E-state index is 13.0. The topological polar surface area (TPSA) is 44.8 Å². The summed E-state index contributed by atoms with van der Waals surface area (Å²) in [7, 11) is 1.61. The van der Waals surface area contributed by atoms with Gasteiger partial charge in [0.1, 0.15) is 11.6 Å². The fraction of sp³-hybridized carbons (Fsp3) is 0.316. The minimum absolute atomic E-state index is 0.0599. The van der Waals surface area contributed by atoms with Crippen molar-refractivity contribution in [2.24, 2.45) is 0 Å². The van der Waals surface area contributed by atoms with Crippen LogP contribution >= 0.6 is 0 Å². The van der Waals surface area contributed by atoms with Gasteiger partial charge in [-0.2, -0.15) is 0 Å². The highest BCUT2D eigenvalue weighted by atomic mass is 19.1. The number of amides is 1. The summed E-state index contributed by atoms with van der Waals surface area (Å²) in [6.45, 7) is 3.03. The molecule has 1 saturated heterocycles. The van der Waals surface area contributed by atoms with E-state index in [-0.39, 0.29) is 18.3 Å². The minimum Gasteiger partial charge on any atom is -0.495 e. The van der Waals surface area contributed by atoms with Crippen LogP contribution in [0.25, 0.3) is 0 Å². The van der Waals surface area contributed by atoms with Crippen LogP contribution in [-0.2, 0) is 4.79 Å². The monoisotopic (exact) mass is 343 g/mol. The van der Waals surface area contributed by atoms with Gasteiger partial charge in [-0.15, -0.1) is 0 Å². The third-order valence-electron chi connectivity index (χ3n) is 4.36. The number of piperazine rings is 1. The predicted octanol–water partition coefficient (Wildman–Crippen LogP) is 2.60. The van der Waals surface area contributed by atoms with Gasteiger partial charge in [0.15, 0.2) is 0 Å². The Bertz CT molecular complexity index is 713. The van der Waals surface area contributed by atoms with Gasteiger partial charge in [-0.25, -0.2) is 4.39 Å². The van der Waals surface area contributed by atoms with Crippen molar-refractivity contribution in [2.45, 2.75) is 0 Å². The van der Waals surface area contributed by atoms with Crippen molar-refractivity contribution < 1.29 is 13.9 Å². The van der Waals surface area contributed by atoms with E-state index >= 15 is 0 Å². The second-order valence-electron chi connectivity index (χ2n) is 5.90. The Morgan fingerprint density at radius 1 is 1.08 bits per heavy atom. The number of rotatable bonds is 5. The van der Waals surface area contributed by atoms with E-state index in [1.165, 1.54) is 12.1 Å². The van der Waals surface area contributed by atoms with Crippen LogP contribution < -0.4 is 15.0 Å². The Kier molecular flexibility index (Phi) is 5.38. The molecule has 6 heteroatoms. The third-order valence-corrected chi connectivity index (χ3v) is 4.36. The first-order chi connectivity index (χ1) is 12.2. The molecule has 1 aliphatic rings. The maximum atomic E-state index is 13.0. The zero-order chi connectivity index (χ0) is 17.6. The number of nitrogens with zero attached hydrogens (tertiary/aromatic N) is 2. The molecule has 3 rings (SSSR count). The molecule has 1 amide bonds. The lowest BCUT2D eigenvalue weighted by atomic mass is 10.2. The van der Waals surface area contributed by atoms with Crippen LogP contribution in [0.5, 0.6) is 5.75 Å². The standard InChI is InChI=1S/C19H22FN3O2/c1-25-18-5-3-2-4-17(18)21-14-19(24)23-12-10-22(11-13-23)16-8-6-15(20)7-9-16/h2-9,21H,10-14H2,1H3. The Balaban J connectivity index is 1.50. The smallest absolute Gasteiger partial charge is 0.241 e. The lowest BCUT2D eigenvalue weighted by molar-refractivity contribution is -0.129. The van der Waals surface area contributed by atoms with E-state index in [9.17, 15) is 9.18 Å². The number of anilines is 2. The average Bonchev–Trinajstić information content (AvgIpc) is 2.67. The molecule has 0 aromatic heterocycles. The van der Waals surface area contributed by atoms with Crippen molar-refractivity contribution in [3.8, 4) is 5.75 Å². The first kappa shape index (κ1) is 17.1. The van der Waals surface area contributed by atoms with Gasteiger partial charge < -0.3 is 19.9 Å². The van der Waals surface area contributed by atoms with Crippen LogP contribution in [-0.4, -0.2) is 50.6 Å². The molecule has 1 fully saturated rings. The maximum Gasteiger partial charge on any atom is 0.241 e. The largest absolute Gasteiger partial charge is 0.495 e. The Morgan fingerprint density at radius 2 is 1.76 bits per heavy atom. The van der Waals surface area contributed by atoms with Crippen LogP contribution in [0, 0.1) is 5.82 Å². The number of ether oxygens (including phenoxy) is 1. The highest BCUT2D eigenvalue weighted by Crippen LogP contribution is 2.23. The van der Waals surface area contributed by atoms with Crippen LogP contribution in [0.4, 0.5) is 15.8 Å². The summed E-state index contributed by atoms with van der Waals surface area (Å²) in [6, 6.07) is 14.0. The third kappa shape index (κ3) is 4.21. The molecule has 0 saturated carbocycles. The average molecular weight is 343 g/mol. The quantitative estimate of drug-likeness (QED) is 0.906. The Labute approximate surface area is 147 Å². The van der Waals surface area contributed by atoms with E-state index in [2.05, 4.69) is 10.2 Å². The van der Waals surface area contributed by atoms with Crippen LogP contribution in [0.2, 0.25) is 0 Å². The summed E-state index contributed by atoms with van der Waals surface area (Å²) in [6.07, 6.45) is 0. The molecule has 1 heterocycles. The summed E-state index contributed by atoms with van der Waals surface area (Å²) in [4.78, 5) is 16.4. The van der Waals surface area contributed by atoms with E-state index in [1.54, 1.807) is 19.2 Å². The first-order valence-electron chi connectivity index (χ1n) is 8.32. The summed E-state index contributed by atoms with van der Waals surface area (Å²) in [5, 5.41) is 3.14. The van der Waals surface area contributed by atoms with Gasteiger partial charge in [-0.05, 0) is 36.4 Å². The number of benzene rings is 2. The summed E-state index contributed by atoms with van der Waals surface area (Å²) in [5.74, 6) is 0.543. The molecule has 5 nitrogen and oxygen atoms in total. The summed E-state index contributed by atoms with van der Waals surface area (Å²) in [5.41, 5.74) is 1.80. The number of methoxy groups -OCH3 is 1. The molecule has 0 radical (unpaired) electrons. The van der Waals surface area contributed by atoms with Crippen molar-refractivity contribution in [3.63, 3.8) is 0 Å². The molecule has 2 aromatic rings. The van der Waals surface area contributed by atoms with E-state index in [0.29, 0.717) is 13.1 Å². The molecule has 0 unspecified atom stereocenters. The summed E-state index contributed by atoms with van der Waals surface area (Å²) < 4.78 is 18.3. The van der Waals surface area contributed by atoms with E-state index in [1.807, 2.05) is 29.2 Å². The zero-order valence-corrected chi connectivity index (χ0v) is 14.2.